The van der Waals surface area contributed by atoms with Gasteiger partial charge in [0.1, 0.15) is 17.8 Å². The summed E-state index contributed by atoms with van der Waals surface area (Å²) in [5.74, 6) is -4.02. The Morgan fingerprint density at radius 2 is 1.58 bits per heavy atom. The van der Waals surface area contributed by atoms with E-state index < -0.39 is 108 Å². The highest BCUT2D eigenvalue weighted by molar-refractivity contribution is 6.00. The van der Waals surface area contributed by atoms with Crippen molar-refractivity contribution in [3.8, 4) is 0 Å². The molecule has 238 valence electrons. The first-order chi connectivity index (χ1) is 20.2. The highest BCUT2D eigenvalue weighted by Gasteiger charge is 2.83. The second-order valence-corrected chi connectivity index (χ2v) is 11.9. The van der Waals surface area contributed by atoms with Gasteiger partial charge in [0.25, 0.3) is 0 Å². The van der Waals surface area contributed by atoms with Crippen LogP contribution < -0.4 is 0 Å². The van der Waals surface area contributed by atoms with E-state index in [9.17, 15) is 34.2 Å². The average Bonchev–Trinajstić information content (AvgIpc) is 3.71. The highest BCUT2D eigenvalue weighted by atomic mass is 16.7. The summed E-state index contributed by atoms with van der Waals surface area (Å²) in [7, 11) is 1.08. The van der Waals surface area contributed by atoms with Gasteiger partial charge in [-0.3, -0.25) is 19.2 Å². The van der Waals surface area contributed by atoms with E-state index in [4.69, 9.17) is 37.9 Å². The van der Waals surface area contributed by atoms with Gasteiger partial charge < -0.3 is 48.1 Å². The van der Waals surface area contributed by atoms with Crippen molar-refractivity contribution in [2.24, 2.45) is 10.8 Å². The van der Waals surface area contributed by atoms with E-state index >= 15 is 0 Å². The molecule has 0 amide bonds. The maximum Gasteiger partial charge on any atom is 0.339 e. The molecule has 5 aliphatic rings. The van der Waals surface area contributed by atoms with E-state index in [0.29, 0.717) is 0 Å². The predicted octanol–water partition coefficient (Wildman–Crippen LogP) is -1.12. The third-order valence-electron chi connectivity index (χ3n) is 9.56. The summed E-state index contributed by atoms with van der Waals surface area (Å²) in [5.41, 5.74) is -3.32. The summed E-state index contributed by atoms with van der Waals surface area (Å²) in [5, 5.41) is 22.0. The van der Waals surface area contributed by atoms with E-state index in [2.05, 4.69) is 0 Å². The van der Waals surface area contributed by atoms with Crippen molar-refractivity contribution in [1.82, 2.24) is 0 Å². The summed E-state index contributed by atoms with van der Waals surface area (Å²) >= 11 is 0. The van der Waals surface area contributed by atoms with Crippen LogP contribution in [0.2, 0.25) is 0 Å². The number of hydrogen-bond donors (Lipinski definition) is 2. The monoisotopic (exact) mass is 612 g/mol. The molecule has 15 nitrogen and oxygen atoms in total. The lowest BCUT2D eigenvalue weighted by Gasteiger charge is -2.58. The maximum absolute atomic E-state index is 13.0. The molecule has 1 saturated carbocycles. The van der Waals surface area contributed by atoms with E-state index in [1.54, 1.807) is 19.9 Å². The zero-order chi connectivity index (χ0) is 31.6. The molecule has 4 fully saturated rings. The Kier molecular flexibility index (Phi) is 7.97. The molecule has 12 atom stereocenters. The Morgan fingerprint density at radius 3 is 2.12 bits per heavy atom. The molecule has 0 aromatic carbocycles. The van der Waals surface area contributed by atoms with E-state index in [1.807, 2.05) is 0 Å². The van der Waals surface area contributed by atoms with Gasteiger partial charge in [-0.25, -0.2) is 4.79 Å². The van der Waals surface area contributed by atoms with Crippen LogP contribution in [0.1, 0.15) is 41.0 Å². The molecule has 3 heterocycles. The number of epoxide rings is 1. The van der Waals surface area contributed by atoms with Gasteiger partial charge in [0.2, 0.25) is 0 Å². The van der Waals surface area contributed by atoms with Gasteiger partial charge in [-0.15, -0.1) is 0 Å². The SMILES string of the molecule is COC(=O)[C@H]1O[C@@H](O[C@@H]2C[C@]3(C)[C@@]4(CO)[C@H](O)C(=O)C(C)=C[C@H]4O[C@H]2[C@@]32CO2)[C@H](OC(C)=O)[C@@H](OC(C)=O)[C@@H]1OC(C)=O. The summed E-state index contributed by atoms with van der Waals surface area (Å²) in [6, 6.07) is 0. The smallest absolute Gasteiger partial charge is 0.339 e. The molecule has 2 N–H and O–H groups in total. The fourth-order valence-corrected chi connectivity index (χ4v) is 7.47. The molecular weight excluding hydrogens is 576 g/mol. The number of methoxy groups -OCH3 is 1. The first-order valence-corrected chi connectivity index (χ1v) is 13.9. The van der Waals surface area contributed by atoms with Gasteiger partial charge in [0.05, 0.1) is 37.9 Å². The number of fused-ring (bicyclic) bond motifs is 2. The van der Waals surface area contributed by atoms with E-state index in [0.717, 1.165) is 27.9 Å². The lowest BCUT2D eigenvalue weighted by molar-refractivity contribution is -0.317. The third kappa shape index (κ3) is 4.59. The predicted molar refractivity (Wildman–Crippen MR) is 137 cm³/mol. The van der Waals surface area contributed by atoms with Gasteiger partial charge in [-0.1, -0.05) is 6.92 Å². The molecule has 3 aliphatic heterocycles. The Hall–Kier alpha value is -2.95. The van der Waals surface area contributed by atoms with Crippen molar-refractivity contribution < 1.29 is 72.1 Å². The standard InChI is InChI=1S/C28H36O15/c1-11-7-16-27(9-29,22(34)17(11)33)26(5)8-15(23(42-16)28(26)10-37-28)41-25-21(40-14(4)32)19(39-13(3)31)18(38-12(2)30)20(43-25)24(35)36-6/h7,15-16,18-23,25,29,34H,8-10H2,1-6H3/t15-,16-,18+,19+,20+,21-,22-,23-,25-,26-,27-,28+/m1/s1. The molecule has 2 aliphatic carbocycles. The molecule has 43 heavy (non-hydrogen) atoms. The Labute approximate surface area is 246 Å². The number of carbonyl (C=O) groups is 5. The molecule has 0 unspecified atom stereocenters. The van der Waals surface area contributed by atoms with Crippen molar-refractivity contribution in [2.45, 2.75) is 102 Å². The Morgan fingerprint density at radius 1 is 1.00 bits per heavy atom. The minimum Gasteiger partial charge on any atom is -0.467 e. The van der Waals surface area contributed by atoms with Crippen LogP contribution in [-0.4, -0.2) is 121 Å². The molecule has 5 rings (SSSR count). The largest absolute Gasteiger partial charge is 0.467 e. The Bertz CT molecular complexity index is 1240. The maximum atomic E-state index is 13.0. The van der Waals surface area contributed by atoms with Crippen LogP contribution in [-0.2, 0) is 61.9 Å². The highest BCUT2D eigenvalue weighted by Crippen LogP contribution is 2.71. The second-order valence-electron chi connectivity index (χ2n) is 11.9. The number of esters is 4. The van der Waals surface area contributed by atoms with Gasteiger partial charge in [-0.2, -0.15) is 0 Å². The van der Waals surface area contributed by atoms with Crippen molar-refractivity contribution in [3.05, 3.63) is 11.6 Å². The fraction of sp³-hybridized carbons (Fsp3) is 0.750. The van der Waals surface area contributed by atoms with Gasteiger partial charge in [-0.05, 0) is 25.0 Å². The number of rotatable bonds is 7. The van der Waals surface area contributed by atoms with E-state index in [1.165, 1.54) is 0 Å². The zero-order valence-electron chi connectivity index (χ0n) is 24.6. The zero-order valence-corrected chi connectivity index (χ0v) is 24.6. The first kappa shape index (κ1) is 31.5. The lowest BCUT2D eigenvalue weighted by atomic mass is 9.50. The van der Waals surface area contributed by atoms with Crippen LogP contribution >= 0.6 is 0 Å². The molecule has 3 saturated heterocycles. The number of carbonyl (C=O) groups excluding carboxylic acids is 5. The number of Topliss-reactive ketones (excluding diaryl/α,β-unsaturated/α-hetero) is 1. The number of ether oxygens (including phenoxy) is 8. The van der Waals surface area contributed by atoms with Gasteiger partial charge in [0, 0.05) is 26.2 Å². The summed E-state index contributed by atoms with van der Waals surface area (Å²) in [4.78, 5) is 62.1. The number of aliphatic hydroxyl groups excluding tert-OH is 2. The quantitative estimate of drug-likeness (QED) is 0.199. The fourth-order valence-electron chi connectivity index (χ4n) is 7.47. The number of hydrogen-bond acceptors (Lipinski definition) is 15. The van der Waals surface area contributed by atoms with Crippen LogP contribution in [0.5, 0.6) is 0 Å². The van der Waals surface area contributed by atoms with E-state index in [-0.39, 0.29) is 18.6 Å². The van der Waals surface area contributed by atoms with Crippen LogP contribution in [0.25, 0.3) is 0 Å². The van der Waals surface area contributed by atoms with Crippen molar-refractivity contribution >= 4 is 29.7 Å². The molecule has 1 spiro atoms. The molecular formula is C28H36O15. The molecule has 2 bridgehead atoms. The third-order valence-corrected chi connectivity index (χ3v) is 9.56. The minimum atomic E-state index is -1.66. The molecule has 0 radical (unpaired) electrons. The lowest BCUT2D eigenvalue weighted by Crippen LogP contribution is -2.70. The van der Waals surface area contributed by atoms with Crippen molar-refractivity contribution in [1.29, 1.82) is 0 Å². The average molecular weight is 613 g/mol. The molecule has 0 aromatic heterocycles. The number of aliphatic hydroxyl groups is 2. The first-order valence-electron chi connectivity index (χ1n) is 13.9. The molecule has 15 heteroatoms. The second kappa shape index (κ2) is 10.9. The van der Waals surface area contributed by atoms with Crippen molar-refractivity contribution in [3.63, 3.8) is 0 Å². The summed E-state index contributed by atoms with van der Waals surface area (Å²) < 4.78 is 45.7. The van der Waals surface area contributed by atoms with Gasteiger partial charge in [0.15, 0.2) is 36.5 Å². The number of ketones is 1. The summed E-state index contributed by atoms with van der Waals surface area (Å²) in [6.07, 6.45) is -10.5. The van der Waals surface area contributed by atoms with Crippen LogP contribution in [0.3, 0.4) is 0 Å². The molecule has 0 aromatic rings. The van der Waals surface area contributed by atoms with Crippen LogP contribution in [0, 0.1) is 10.8 Å². The topological polar surface area (TPSA) is 203 Å². The minimum absolute atomic E-state index is 0.0765. The van der Waals surface area contributed by atoms with Crippen molar-refractivity contribution in [2.75, 3.05) is 20.3 Å². The van der Waals surface area contributed by atoms with Crippen LogP contribution in [0.15, 0.2) is 11.6 Å². The summed E-state index contributed by atoms with van der Waals surface area (Å²) in [6.45, 7) is 6.16. The van der Waals surface area contributed by atoms with Gasteiger partial charge >= 0.3 is 23.9 Å². The normalized spacial score (nSPS) is 44.6. The van der Waals surface area contributed by atoms with Crippen LogP contribution in [0.4, 0.5) is 0 Å². The Balaban J connectivity index is 1.54.